The third kappa shape index (κ3) is 3.79. The van der Waals surface area contributed by atoms with Crippen LogP contribution in [-0.2, 0) is 16.2 Å². The number of nitrogens with zero attached hydrogens (tertiary/aromatic N) is 3. The van der Waals surface area contributed by atoms with E-state index in [0.29, 0.717) is 11.1 Å². The van der Waals surface area contributed by atoms with Gasteiger partial charge in [0.1, 0.15) is 6.61 Å². The average molecular weight is 486 g/mol. The molecule has 0 unspecified atom stereocenters. The van der Waals surface area contributed by atoms with Crippen molar-refractivity contribution in [2.24, 2.45) is 28.8 Å². The van der Waals surface area contributed by atoms with E-state index < -0.39 is 4.92 Å². The van der Waals surface area contributed by atoms with Gasteiger partial charge in [0.25, 0.3) is 17.5 Å². The number of hydrazone groups is 1. The molecule has 1 saturated carbocycles. The number of rotatable bonds is 6. The highest BCUT2D eigenvalue weighted by Gasteiger charge is 2.59. The maximum Gasteiger partial charge on any atom is 0.269 e. The Labute approximate surface area is 198 Å². The summed E-state index contributed by atoms with van der Waals surface area (Å²) < 4.78 is 5.70. The van der Waals surface area contributed by atoms with Crippen molar-refractivity contribution in [1.82, 2.24) is 5.01 Å². The van der Waals surface area contributed by atoms with Crippen molar-refractivity contribution in [3.63, 3.8) is 0 Å². The fraction of sp³-hybridized carbons (Fsp3) is 0.261. The number of carbonyl (C=O) groups is 2. The monoisotopic (exact) mass is 485 g/mol. The number of non-ortho nitro benzene ring substituents is 1. The first-order valence-corrected chi connectivity index (χ1v) is 11.0. The van der Waals surface area contributed by atoms with Crippen LogP contribution in [0.15, 0.2) is 53.7 Å². The first-order valence-electron chi connectivity index (χ1n) is 10.3. The van der Waals surface area contributed by atoms with Crippen molar-refractivity contribution in [3.05, 3.63) is 79.8 Å². The van der Waals surface area contributed by atoms with E-state index in [2.05, 4.69) is 5.10 Å². The molecule has 1 saturated heterocycles. The minimum absolute atomic E-state index is 0.0130. The van der Waals surface area contributed by atoms with Gasteiger partial charge in [-0.3, -0.25) is 19.7 Å². The molecule has 1 aliphatic heterocycles. The predicted molar refractivity (Wildman–Crippen MR) is 121 cm³/mol. The molecule has 33 heavy (non-hydrogen) atoms. The van der Waals surface area contributed by atoms with E-state index in [1.165, 1.54) is 18.3 Å². The van der Waals surface area contributed by atoms with Crippen molar-refractivity contribution in [2.45, 2.75) is 13.0 Å². The molecule has 2 aliphatic carbocycles. The highest BCUT2D eigenvalue weighted by atomic mass is 35.5. The zero-order chi connectivity index (χ0) is 23.3. The van der Waals surface area contributed by atoms with Gasteiger partial charge in [-0.25, -0.2) is 0 Å². The number of benzene rings is 2. The number of fused-ring (bicyclic) bond motifs is 5. The average Bonchev–Trinajstić information content (AvgIpc) is 3.46. The lowest BCUT2D eigenvalue weighted by atomic mass is 9.85. The van der Waals surface area contributed by atoms with Crippen molar-refractivity contribution < 1.29 is 19.2 Å². The zero-order valence-electron chi connectivity index (χ0n) is 17.1. The molecule has 2 aromatic rings. The van der Waals surface area contributed by atoms with E-state index in [9.17, 15) is 19.7 Å². The molecule has 2 fully saturated rings. The van der Waals surface area contributed by atoms with E-state index in [4.69, 9.17) is 27.9 Å². The van der Waals surface area contributed by atoms with Gasteiger partial charge in [0.15, 0.2) is 5.75 Å². The number of nitro benzene ring substituents is 1. The third-order valence-corrected chi connectivity index (χ3v) is 6.88. The van der Waals surface area contributed by atoms with Gasteiger partial charge < -0.3 is 4.74 Å². The number of carbonyl (C=O) groups excluding carboxylic acids is 2. The molecule has 2 bridgehead atoms. The lowest BCUT2D eigenvalue weighted by molar-refractivity contribution is -0.384. The third-order valence-electron chi connectivity index (χ3n) is 6.32. The normalized spacial score (nSPS) is 25.3. The molecule has 8 nitrogen and oxygen atoms in total. The topological polar surface area (TPSA) is 102 Å². The highest BCUT2D eigenvalue weighted by Crippen LogP contribution is 2.52. The maximum absolute atomic E-state index is 12.7. The summed E-state index contributed by atoms with van der Waals surface area (Å²) in [5.74, 6) is -0.671. The van der Waals surface area contributed by atoms with Crippen LogP contribution in [0.2, 0.25) is 10.0 Å². The SMILES string of the molecule is O=C1[C@@H]2[C@H](C(=O)N1N=Cc1cc(Cl)c(OCc3ccc([N+](=O)[O-])cc3)c(Cl)c1)[C@H]1C=C[C@H]2C1. The Hall–Kier alpha value is -3.23. The molecule has 2 amide bonds. The maximum atomic E-state index is 12.7. The number of nitro groups is 1. The van der Waals surface area contributed by atoms with Crippen LogP contribution in [0.1, 0.15) is 17.5 Å². The van der Waals surface area contributed by atoms with Crippen LogP contribution in [-0.4, -0.2) is 28.0 Å². The Balaban J connectivity index is 1.28. The Morgan fingerprint density at radius 2 is 1.64 bits per heavy atom. The van der Waals surface area contributed by atoms with Crippen molar-refractivity contribution in [2.75, 3.05) is 0 Å². The largest absolute Gasteiger partial charge is 0.486 e. The van der Waals surface area contributed by atoms with E-state index >= 15 is 0 Å². The molecular formula is C23H17Cl2N3O5. The highest BCUT2D eigenvalue weighted by molar-refractivity contribution is 6.37. The molecule has 168 valence electrons. The lowest BCUT2D eigenvalue weighted by Crippen LogP contribution is -2.28. The zero-order valence-corrected chi connectivity index (χ0v) is 18.6. The molecule has 0 spiro atoms. The Morgan fingerprint density at radius 1 is 1.06 bits per heavy atom. The second-order valence-electron chi connectivity index (χ2n) is 8.26. The second kappa shape index (κ2) is 8.28. The van der Waals surface area contributed by atoms with E-state index in [1.807, 2.05) is 12.2 Å². The molecular weight excluding hydrogens is 469 g/mol. The fourth-order valence-electron chi connectivity index (χ4n) is 4.79. The Kier molecular flexibility index (Phi) is 5.42. The standard InChI is InChI=1S/C23H17Cl2N3O5/c24-17-7-13(8-18(25)21(17)33-11-12-1-5-16(6-2-12)28(31)32)10-26-27-22(29)19-14-3-4-15(9-14)20(19)23(27)30/h1-8,10,14-15,19-20H,9,11H2/t14-,15-,19-,20+/m0/s1. The Bertz CT molecular complexity index is 1170. The number of allylic oxidation sites excluding steroid dienone is 2. The molecule has 3 aliphatic rings. The van der Waals surface area contributed by atoms with Crippen molar-refractivity contribution in [1.29, 1.82) is 0 Å². The van der Waals surface area contributed by atoms with Crippen LogP contribution in [0.4, 0.5) is 5.69 Å². The predicted octanol–water partition coefficient (Wildman–Crippen LogP) is 4.62. The van der Waals surface area contributed by atoms with Crippen LogP contribution >= 0.6 is 23.2 Å². The summed E-state index contributed by atoms with van der Waals surface area (Å²) in [6.45, 7) is 0.112. The van der Waals surface area contributed by atoms with Gasteiger partial charge in [-0.2, -0.15) is 10.1 Å². The van der Waals surface area contributed by atoms with Gasteiger partial charge in [0.05, 0.1) is 33.0 Å². The number of imide groups is 1. The molecule has 1 heterocycles. The van der Waals surface area contributed by atoms with Crippen molar-refractivity contribution >= 4 is 46.9 Å². The van der Waals surface area contributed by atoms with Crippen LogP contribution in [0.5, 0.6) is 5.75 Å². The summed E-state index contributed by atoms with van der Waals surface area (Å²) in [4.78, 5) is 35.7. The first kappa shape index (κ1) is 21.6. The fourth-order valence-corrected chi connectivity index (χ4v) is 5.40. The summed E-state index contributed by atoms with van der Waals surface area (Å²) in [7, 11) is 0. The molecule has 0 radical (unpaired) electrons. The molecule has 2 aromatic carbocycles. The smallest absolute Gasteiger partial charge is 0.269 e. The van der Waals surface area contributed by atoms with Crippen molar-refractivity contribution in [3.8, 4) is 5.75 Å². The summed E-state index contributed by atoms with van der Waals surface area (Å²) in [5, 5.41) is 16.3. The molecule has 10 heteroatoms. The van der Waals surface area contributed by atoms with Gasteiger partial charge in [-0.1, -0.05) is 35.4 Å². The van der Waals surface area contributed by atoms with Gasteiger partial charge in [0.2, 0.25) is 0 Å². The minimum Gasteiger partial charge on any atom is -0.486 e. The van der Waals surface area contributed by atoms with Crippen LogP contribution in [0.3, 0.4) is 0 Å². The number of hydrogen-bond donors (Lipinski definition) is 0. The number of amides is 2. The molecule has 0 aromatic heterocycles. The first-order chi connectivity index (χ1) is 15.8. The minimum atomic E-state index is -0.477. The molecule has 4 atom stereocenters. The lowest BCUT2D eigenvalue weighted by Gasteiger charge is -2.13. The van der Waals surface area contributed by atoms with Crippen LogP contribution < -0.4 is 4.74 Å². The van der Waals surface area contributed by atoms with Gasteiger partial charge in [-0.15, -0.1) is 0 Å². The van der Waals surface area contributed by atoms with Gasteiger partial charge in [-0.05, 0) is 53.6 Å². The van der Waals surface area contributed by atoms with E-state index in [-0.39, 0.29) is 63.6 Å². The number of hydrogen-bond acceptors (Lipinski definition) is 6. The summed E-state index contributed by atoms with van der Waals surface area (Å²) in [5.41, 5.74) is 1.20. The molecule has 5 rings (SSSR count). The number of ether oxygens (including phenoxy) is 1. The van der Waals surface area contributed by atoms with Gasteiger partial charge >= 0.3 is 0 Å². The van der Waals surface area contributed by atoms with Crippen LogP contribution in [0, 0.1) is 33.8 Å². The molecule has 0 N–H and O–H groups in total. The number of halogens is 2. The quantitative estimate of drug-likeness (QED) is 0.195. The van der Waals surface area contributed by atoms with Gasteiger partial charge in [0, 0.05) is 12.1 Å². The Morgan fingerprint density at radius 3 is 2.18 bits per heavy atom. The van der Waals surface area contributed by atoms with E-state index in [1.54, 1.807) is 24.3 Å². The second-order valence-corrected chi connectivity index (χ2v) is 9.07. The van der Waals surface area contributed by atoms with Crippen LogP contribution in [0.25, 0.3) is 0 Å². The summed E-state index contributed by atoms with van der Waals surface area (Å²) >= 11 is 12.7. The summed E-state index contributed by atoms with van der Waals surface area (Å²) in [6.07, 6.45) is 6.29. The van der Waals surface area contributed by atoms with E-state index in [0.717, 1.165) is 11.4 Å². The summed E-state index contributed by atoms with van der Waals surface area (Å²) in [6, 6.07) is 9.08.